The third-order valence-corrected chi connectivity index (χ3v) is 4.23. The van der Waals surface area contributed by atoms with Gasteiger partial charge in [-0.2, -0.15) is 0 Å². The lowest BCUT2D eigenvalue weighted by molar-refractivity contribution is 0.128. The summed E-state index contributed by atoms with van der Waals surface area (Å²) in [5.74, 6) is 0.825. The van der Waals surface area contributed by atoms with Crippen molar-refractivity contribution in [3.63, 3.8) is 0 Å². The van der Waals surface area contributed by atoms with E-state index in [2.05, 4.69) is 46.4 Å². The molecule has 1 unspecified atom stereocenters. The van der Waals surface area contributed by atoms with Gasteiger partial charge in [0.1, 0.15) is 0 Å². The zero-order chi connectivity index (χ0) is 15.3. The monoisotopic (exact) mass is 271 g/mol. The van der Waals surface area contributed by atoms with E-state index in [1.165, 1.54) is 51.7 Å². The minimum Gasteiger partial charge on any atom is -0.303 e. The number of hydrogen-bond acceptors (Lipinski definition) is 1. The number of likely N-dealkylation sites (tertiary alicyclic amines) is 1. The molecule has 0 aromatic heterocycles. The first kappa shape index (κ1) is 21.3. The van der Waals surface area contributed by atoms with Crippen LogP contribution in [0.3, 0.4) is 0 Å². The molecule has 118 valence electrons. The molecule has 1 heteroatoms. The first-order valence-electron chi connectivity index (χ1n) is 8.70. The third kappa shape index (κ3) is 10.4. The van der Waals surface area contributed by atoms with Gasteiger partial charge in [-0.1, -0.05) is 74.7 Å². The summed E-state index contributed by atoms with van der Waals surface area (Å²) in [6.45, 7) is 21.8. The van der Waals surface area contributed by atoms with Crippen LogP contribution in [0.2, 0.25) is 0 Å². The van der Waals surface area contributed by atoms with E-state index in [0.29, 0.717) is 5.41 Å². The average molecular weight is 272 g/mol. The molecule has 19 heavy (non-hydrogen) atoms. The maximum Gasteiger partial charge on any atom is 0.00121 e. The lowest BCUT2D eigenvalue weighted by Gasteiger charge is -2.36. The fourth-order valence-electron chi connectivity index (χ4n) is 2.12. The Hall–Kier alpha value is -0.0400. The number of piperidine rings is 1. The molecule has 0 aliphatic carbocycles. The van der Waals surface area contributed by atoms with Crippen LogP contribution in [0.5, 0.6) is 0 Å². The molecule has 1 fully saturated rings. The number of hydrogen-bond donors (Lipinski definition) is 0. The van der Waals surface area contributed by atoms with Crippen LogP contribution >= 0.6 is 0 Å². The summed E-state index contributed by atoms with van der Waals surface area (Å²) in [7, 11) is 0. The molecule has 1 saturated heterocycles. The standard InChI is InChI=1S/C13H27N.C3H8.C2H6/c1-5-13(3,4)12(2)11-14-9-7-6-8-10-14;1-3-2;1-2/h12H,5-11H2,1-4H3;3H2,1-2H3;1-2H3. The van der Waals surface area contributed by atoms with Gasteiger partial charge in [0, 0.05) is 6.54 Å². The average Bonchev–Trinajstić information content (AvgIpc) is 2.43. The van der Waals surface area contributed by atoms with E-state index in [1.807, 2.05) is 13.8 Å². The molecule has 0 aromatic rings. The van der Waals surface area contributed by atoms with E-state index in [9.17, 15) is 0 Å². The number of rotatable bonds is 4. The SMILES string of the molecule is CC.CCC.CCC(C)(C)C(C)CN1CCCCC1. The molecule has 0 saturated carbocycles. The van der Waals surface area contributed by atoms with Crippen molar-refractivity contribution in [2.24, 2.45) is 11.3 Å². The molecule has 0 amide bonds. The topological polar surface area (TPSA) is 3.24 Å². The molecule has 0 aromatic carbocycles. The van der Waals surface area contributed by atoms with Gasteiger partial charge < -0.3 is 4.90 Å². The first-order valence-corrected chi connectivity index (χ1v) is 8.70. The van der Waals surface area contributed by atoms with Crippen LogP contribution in [0, 0.1) is 11.3 Å². The molecule has 0 spiro atoms. The van der Waals surface area contributed by atoms with Crippen molar-refractivity contribution in [2.75, 3.05) is 19.6 Å². The Morgan fingerprint density at radius 3 is 1.74 bits per heavy atom. The van der Waals surface area contributed by atoms with Crippen LogP contribution in [0.15, 0.2) is 0 Å². The van der Waals surface area contributed by atoms with Crippen molar-refractivity contribution in [1.82, 2.24) is 4.90 Å². The smallest absolute Gasteiger partial charge is 0.00121 e. The van der Waals surface area contributed by atoms with Gasteiger partial charge in [-0.3, -0.25) is 0 Å². The normalized spacial score (nSPS) is 17.7. The zero-order valence-corrected chi connectivity index (χ0v) is 15.2. The van der Waals surface area contributed by atoms with E-state index in [1.54, 1.807) is 0 Å². The summed E-state index contributed by atoms with van der Waals surface area (Å²) >= 11 is 0. The Bertz CT molecular complexity index is 169. The zero-order valence-electron chi connectivity index (χ0n) is 15.2. The molecule has 1 rings (SSSR count). The molecule has 1 aliphatic heterocycles. The molecule has 1 heterocycles. The van der Waals surface area contributed by atoms with Crippen molar-refractivity contribution in [3.8, 4) is 0 Å². The van der Waals surface area contributed by atoms with Gasteiger partial charge in [0.25, 0.3) is 0 Å². The van der Waals surface area contributed by atoms with Crippen LogP contribution in [0.25, 0.3) is 0 Å². The predicted molar refractivity (Wildman–Crippen MR) is 90.8 cm³/mol. The van der Waals surface area contributed by atoms with Crippen LogP contribution < -0.4 is 0 Å². The minimum absolute atomic E-state index is 0.511. The van der Waals surface area contributed by atoms with Crippen molar-refractivity contribution in [2.45, 2.75) is 87.5 Å². The van der Waals surface area contributed by atoms with E-state index < -0.39 is 0 Å². The van der Waals surface area contributed by atoms with Crippen LogP contribution in [0.4, 0.5) is 0 Å². The second kappa shape index (κ2) is 13.0. The molecule has 0 N–H and O–H groups in total. The Balaban J connectivity index is 0. The first-order chi connectivity index (χ1) is 8.97. The summed E-state index contributed by atoms with van der Waals surface area (Å²) in [6.07, 6.45) is 6.82. The predicted octanol–water partition coefficient (Wildman–Crippen LogP) is 5.99. The van der Waals surface area contributed by atoms with Gasteiger partial charge in [-0.05, 0) is 37.3 Å². The Morgan fingerprint density at radius 1 is 0.947 bits per heavy atom. The van der Waals surface area contributed by atoms with Crippen LogP contribution in [0.1, 0.15) is 87.5 Å². The van der Waals surface area contributed by atoms with Gasteiger partial charge in [-0.15, -0.1) is 0 Å². The second-order valence-electron chi connectivity index (χ2n) is 6.31. The van der Waals surface area contributed by atoms with Crippen LogP contribution in [-0.2, 0) is 0 Å². The van der Waals surface area contributed by atoms with Gasteiger partial charge in [-0.25, -0.2) is 0 Å². The molecule has 1 nitrogen and oxygen atoms in total. The number of nitrogens with zero attached hydrogens (tertiary/aromatic N) is 1. The Morgan fingerprint density at radius 2 is 1.37 bits per heavy atom. The second-order valence-corrected chi connectivity index (χ2v) is 6.31. The fourth-order valence-corrected chi connectivity index (χ4v) is 2.12. The molecular formula is C18H41N. The maximum absolute atomic E-state index is 2.66. The maximum atomic E-state index is 2.66. The van der Waals surface area contributed by atoms with E-state index in [4.69, 9.17) is 0 Å². The quantitative estimate of drug-likeness (QED) is 0.607. The van der Waals surface area contributed by atoms with Gasteiger partial charge >= 0.3 is 0 Å². The van der Waals surface area contributed by atoms with Gasteiger partial charge in [0.2, 0.25) is 0 Å². The minimum atomic E-state index is 0.511. The summed E-state index contributed by atoms with van der Waals surface area (Å²) in [6, 6.07) is 0. The Kier molecular flexibility index (Phi) is 14.5. The van der Waals surface area contributed by atoms with Crippen molar-refractivity contribution < 1.29 is 0 Å². The molecule has 1 aliphatic rings. The van der Waals surface area contributed by atoms with E-state index >= 15 is 0 Å². The Labute approximate surface area is 124 Å². The van der Waals surface area contributed by atoms with Crippen molar-refractivity contribution in [1.29, 1.82) is 0 Å². The molecule has 1 atom stereocenters. The van der Waals surface area contributed by atoms with E-state index in [0.717, 1.165) is 5.92 Å². The lowest BCUT2D eigenvalue weighted by Crippen LogP contribution is -2.37. The summed E-state index contributed by atoms with van der Waals surface area (Å²) in [5, 5.41) is 0. The van der Waals surface area contributed by atoms with Crippen molar-refractivity contribution in [3.05, 3.63) is 0 Å². The highest BCUT2D eigenvalue weighted by Crippen LogP contribution is 2.31. The fraction of sp³-hybridized carbons (Fsp3) is 1.00. The summed E-state index contributed by atoms with van der Waals surface area (Å²) < 4.78 is 0. The van der Waals surface area contributed by atoms with E-state index in [-0.39, 0.29) is 0 Å². The summed E-state index contributed by atoms with van der Waals surface area (Å²) in [5.41, 5.74) is 0.511. The largest absolute Gasteiger partial charge is 0.303 e. The molecule has 0 bridgehead atoms. The lowest BCUT2D eigenvalue weighted by atomic mass is 9.77. The third-order valence-electron chi connectivity index (χ3n) is 4.23. The molecular weight excluding hydrogens is 230 g/mol. The highest BCUT2D eigenvalue weighted by atomic mass is 15.1. The van der Waals surface area contributed by atoms with Crippen molar-refractivity contribution >= 4 is 0 Å². The van der Waals surface area contributed by atoms with Gasteiger partial charge in [0.15, 0.2) is 0 Å². The molecule has 0 radical (unpaired) electrons. The highest BCUT2D eigenvalue weighted by molar-refractivity contribution is 4.77. The highest BCUT2D eigenvalue weighted by Gasteiger charge is 2.25. The van der Waals surface area contributed by atoms with Gasteiger partial charge in [0.05, 0.1) is 0 Å². The van der Waals surface area contributed by atoms with Crippen LogP contribution in [-0.4, -0.2) is 24.5 Å². The summed E-state index contributed by atoms with van der Waals surface area (Å²) in [4.78, 5) is 2.66.